The molecule has 0 N–H and O–H groups in total. The van der Waals surface area contributed by atoms with Crippen molar-refractivity contribution in [2.24, 2.45) is 0 Å². The van der Waals surface area contributed by atoms with Gasteiger partial charge in [0.1, 0.15) is 0 Å². The molecular formula is C8H14Br3Ir. The first-order valence-electron chi connectivity index (χ1n) is 4.03. The molecule has 0 aromatic rings. The van der Waals surface area contributed by atoms with Crippen molar-refractivity contribution in [2.45, 2.75) is 38.5 Å². The van der Waals surface area contributed by atoms with Gasteiger partial charge in [-0.15, -0.1) is 0 Å². The molecule has 76 valence electrons. The molecule has 4 heteroatoms. The average Bonchev–Trinajstić information content (AvgIpc) is 1.82. The Bertz CT molecular complexity index is 102. The van der Waals surface area contributed by atoms with Crippen LogP contribution >= 0.6 is 40.5 Å². The van der Waals surface area contributed by atoms with Crippen LogP contribution in [0.4, 0.5) is 0 Å². The van der Waals surface area contributed by atoms with Crippen LogP contribution in [0.25, 0.3) is 0 Å². The first-order chi connectivity index (χ1) is 5.73. The summed E-state index contributed by atoms with van der Waals surface area (Å²) in [5, 5.41) is 0. The number of allylic oxidation sites excluding steroid dienone is 2. The summed E-state index contributed by atoms with van der Waals surface area (Å²) in [5.41, 5.74) is 0. The van der Waals surface area contributed by atoms with Gasteiger partial charge in [0, 0.05) is 0 Å². The fourth-order valence-electron chi connectivity index (χ4n) is 1.11. The first kappa shape index (κ1) is 13.8. The molecule has 0 spiro atoms. The van der Waals surface area contributed by atoms with Gasteiger partial charge in [-0.05, 0) is 25.7 Å². The number of halogens is 3. The molecule has 0 amide bonds. The Hall–Kier alpha value is 1.83. The normalized spacial score (nSPS) is 18.4. The molecule has 0 nitrogen and oxygen atoms in total. The third-order valence-corrected chi connectivity index (χ3v) is 1.66. The maximum absolute atomic E-state index is 3.27. The summed E-state index contributed by atoms with van der Waals surface area (Å²) in [4.78, 5) is 0. The van der Waals surface area contributed by atoms with Crippen molar-refractivity contribution in [1.29, 1.82) is 0 Å². The van der Waals surface area contributed by atoms with Gasteiger partial charge in [-0.1, -0.05) is 25.0 Å². The summed E-state index contributed by atoms with van der Waals surface area (Å²) in [6, 6.07) is 0. The van der Waals surface area contributed by atoms with Crippen LogP contribution in [0, 0.1) is 0 Å². The van der Waals surface area contributed by atoms with Crippen molar-refractivity contribution >= 4 is 40.5 Å². The van der Waals surface area contributed by atoms with E-state index in [9.17, 15) is 0 Å². The molecule has 0 aromatic heterocycles. The quantitative estimate of drug-likeness (QED) is 0.359. The Kier molecular flexibility index (Phi) is 12.6. The Balaban J connectivity index is 0.000000261. The first-order valence-corrected chi connectivity index (χ1v) is 19.7. The van der Waals surface area contributed by atoms with Crippen LogP contribution in [-0.4, -0.2) is 0 Å². The second kappa shape index (κ2) is 10.9. The Morgan fingerprint density at radius 3 is 1.42 bits per heavy atom. The van der Waals surface area contributed by atoms with Gasteiger partial charge >= 0.3 is 51.0 Å². The number of hydrogen-bond donors (Lipinski definition) is 0. The fourth-order valence-corrected chi connectivity index (χ4v) is 1.11. The van der Waals surface area contributed by atoms with Gasteiger partial charge in [-0.3, -0.25) is 0 Å². The molecule has 0 radical (unpaired) electrons. The van der Waals surface area contributed by atoms with Gasteiger partial charge in [-0.2, -0.15) is 0 Å². The van der Waals surface area contributed by atoms with Crippen LogP contribution in [0.2, 0.25) is 0 Å². The third-order valence-electron chi connectivity index (χ3n) is 1.66. The summed E-state index contributed by atoms with van der Waals surface area (Å²) < 4.78 is 0. The standard InChI is InChI=1S/C8H14.3BrH.Ir/c1-2-4-6-8-7-5-3-1;;;;/h1-2H,3-8H2;3*1H;/q;;;;+3/p-3. The molecule has 0 aliphatic heterocycles. The van der Waals surface area contributed by atoms with Crippen molar-refractivity contribution < 1.29 is 10.5 Å². The van der Waals surface area contributed by atoms with Gasteiger partial charge in [0.15, 0.2) is 0 Å². The van der Waals surface area contributed by atoms with Crippen molar-refractivity contribution in [3.05, 3.63) is 12.2 Å². The van der Waals surface area contributed by atoms with Crippen molar-refractivity contribution in [3.63, 3.8) is 0 Å². The predicted octanol–water partition coefficient (Wildman–Crippen LogP) is 5.43. The Labute approximate surface area is 101 Å². The van der Waals surface area contributed by atoms with Crippen molar-refractivity contribution in [1.82, 2.24) is 0 Å². The third kappa shape index (κ3) is 14.4. The SMILES string of the molecule is C1=CCCCCCC1.[Br][Ir]([Br])[Br]. The van der Waals surface area contributed by atoms with Crippen LogP contribution in [0.15, 0.2) is 12.2 Å². The second-order valence-electron chi connectivity index (χ2n) is 2.61. The predicted molar refractivity (Wildman–Crippen MR) is 63.6 cm³/mol. The monoisotopic (exact) mass is 540 g/mol. The molecule has 0 bridgehead atoms. The summed E-state index contributed by atoms with van der Waals surface area (Å²) in [6.07, 6.45) is 13.0. The summed E-state index contributed by atoms with van der Waals surface area (Å²) >= 11 is 9.81. The molecule has 1 aliphatic rings. The minimum absolute atomic E-state index is 0.896. The molecule has 0 atom stereocenters. The van der Waals surface area contributed by atoms with Gasteiger partial charge in [-0.25, -0.2) is 0 Å². The van der Waals surface area contributed by atoms with Gasteiger partial charge in [0.05, 0.1) is 0 Å². The van der Waals surface area contributed by atoms with E-state index in [1.807, 2.05) is 0 Å². The molecule has 1 aliphatic carbocycles. The van der Waals surface area contributed by atoms with E-state index in [0.29, 0.717) is 0 Å². The van der Waals surface area contributed by atoms with Gasteiger partial charge in [0.25, 0.3) is 0 Å². The topological polar surface area (TPSA) is 0 Å². The zero-order valence-corrected chi connectivity index (χ0v) is 14.0. The van der Waals surface area contributed by atoms with Crippen LogP contribution in [0.5, 0.6) is 0 Å². The van der Waals surface area contributed by atoms with Gasteiger partial charge in [0.2, 0.25) is 0 Å². The van der Waals surface area contributed by atoms with E-state index in [-0.39, 0.29) is 0 Å². The molecule has 0 saturated carbocycles. The molecular weight excluding hydrogens is 528 g/mol. The van der Waals surface area contributed by atoms with E-state index in [0.717, 1.165) is 0 Å². The summed E-state index contributed by atoms with van der Waals surface area (Å²) in [6.45, 7) is 0. The Morgan fingerprint density at radius 2 is 1.08 bits per heavy atom. The maximum atomic E-state index is 3.27. The summed E-state index contributed by atoms with van der Waals surface area (Å²) in [5.74, 6) is 0. The average molecular weight is 542 g/mol. The van der Waals surface area contributed by atoms with Crippen molar-refractivity contribution in [2.75, 3.05) is 0 Å². The Morgan fingerprint density at radius 1 is 0.750 bits per heavy atom. The van der Waals surface area contributed by atoms with E-state index < -0.39 is 10.5 Å². The minimum atomic E-state index is -0.896. The molecule has 0 aromatic carbocycles. The zero-order valence-electron chi connectivity index (χ0n) is 6.86. The number of rotatable bonds is 0. The van der Waals surface area contributed by atoms with E-state index in [1.165, 1.54) is 38.5 Å². The van der Waals surface area contributed by atoms with E-state index in [2.05, 4.69) is 52.6 Å². The molecule has 12 heavy (non-hydrogen) atoms. The van der Waals surface area contributed by atoms with Crippen molar-refractivity contribution in [3.8, 4) is 0 Å². The van der Waals surface area contributed by atoms with Crippen LogP contribution < -0.4 is 0 Å². The van der Waals surface area contributed by atoms with E-state index >= 15 is 0 Å². The van der Waals surface area contributed by atoms with Crippen LogP contribution in [0.1, 0.15) is 38.5 Å². The van der Waals surface area contributed by atoms with E-state index in [4.69, 9.17) is 0 Å². The van der Waals surface area contributed by atoms with Gasteiger partial charge < -0.3 is 0 Å². The molecule has 0 saturated heterocycles. The summed E-state index contributed by atoms with van der Waals surface area (Å²) in [7, 11) is -0.896. The zero-order chi connectivity index (χ0) is 9.23. The second-order valence-corrected chi connectivity index (χ2v) is 34.0. The number of hydrogen-bond acceptors (Lipinski definition) is 0. The van der Waals surface area contributed by atoms with Crippen LogP contribution in [0.3, 0.4) is 0 Å². The fraction of sp³-hybridized carbons (Fsp3) is 0.750. The molecule has 0 fully saturated rings. The molecule has 0 unspecified atom stereocenters. The molecule has 0 heterocycles. The van der Waals surface area contributed by atoms with Crippen LogP contribution in [-0.2, 0) is 10.5 Å². The molecule has 1 rings (SSSR count). The van der Waals surface area contributed by atoms with E-state index in [1.54, 1.807) is 0 Å².